The van der Waals surface area contributed by atoms with Gasteiger partial charge in [0.1, 0.15) is 0 Å². The predicted octanol–water partition coefficient (Wildman–Crippen LogP) is 4.67. The summed E-state index contributed by atoms with van der Waals surface area (Å²) >= 11 is 0. The molecule has 1 aliphatic rings. The number of hydrogen-bond donors (Lipinski definition) is 0. The van der Waals surface area contributed by atoms with E-state index in [0.29, 0.717) is 5.57 Å². The maximum Gasteiger partial charge on any atom is 0.335 e. The van der Waals surface area contributed by atoms with Gasteiger partial charge in [0.25, 0.3) is 0 Å². The van der Waals surface area contributed by atoms with E-state index in [1.807, 2.05) is 68.4 Å². The van der Waals surface area contributed by atoms with Crippen LogP contribution in [-0.4, -0.2) is 31.8 Å². The molecule has 164 valence electrons. The number of aryl methyl sites for hydroxylation is 2. The molecule has 0 amide bonds. The van der Waals surface area contributed by atoms with Crippen LogP contribution in [0.25, 0.3) is 6.08 Å². The first-order chi connectivity index (χ1) is 15.3. The Morgan fingerprint density at radius 1 is 0.875 bits per heavy atom. The molecule has 32 heavy (non-hydrogen) atoms. The standard InChI is InChI=1S/C26H25NO4S/c1-18-9-13-21(14-10-18)24-25(23(26(28)31-3)17-20-7-5-4-6-8-20)27(24)32(29,30)22-15-11-19(2)12-16-22/h4-17,24-25H,1-3H3/b23-17+/t24-,25-,27?/m0/s1. The van der Waals surface area contributed by atoms with E-state index >= 15 is 0 Å². The molecule has 0 aliphatic carbocycles. The van der Waals surface area contributed by atoms with Crippen molar-refractivity contribution < 1.29 is 17.9 Å². The summed E-state index contributed by atoms with van der Waals surface area (Å²) in [5.74, 6) is -0.544. The number of hydrogen-bond acceptors (Lipinski definition) is 4. The molecule has 0 spiro atoms. The van der Waals surface area contributed by atoms with E-state index in [1.54, 1.807) is 30.3 Å². The minimum absolute atomic E-state index is 0.201. The molecule has 1 fully saturated rings. The Balaban J connectivity index is 1.82. The van der Waals surface area contributed by atoms with Crippen LogP contribution in [0, 0.1) is 13.8 Å². The highest BCUT2D eigenvalue weighted by Crippen LogP contribution is 2.51. The average Bonchev–Trinajstić information content (AvgIpc) is 3.55. The zero-order valence-electron chi connectivity index (χ0n) is 18.2. The number of methoxy groups -OCH3 is 1. The quantitative estimate of drug-likeness (QED) is 0.313. The molecule has 3 atom stereocenters. The van der Waals surface area contributed by atoms with Crippen LogP contribution < -0.4 is 0 Å². The lowest BCUT2D eigenvalue weighted by Gasteiger charge is -2.09. The van der Waals surface area contributed by atoms with Gasteiger partial charge in [-0.1, -0.05) is 77.9 Å². The van der Waals surface area contributed by atoms with Crippen molar-refractivity contribution in [2.45, 2.75) is 30.8 Å². The fourth-order valence-corrected chi connectivity index (χ4v) is 5.59. The maximum absolute atomic E-state index is 13.6. The molecule has 0 radical (unpaired) electrons. The van der Waals surface area contributed by atoms with Crippen LogP contribution in [0.5, 0.6) is 0 Å². The van der Waals surface area contributed by atoms with Gasteiger partial charge in [0, 0.05) is 0 Å². The molecular formula is C26H25NO4S. The Morgan fingerprint density at radius 3 is 2.00 bits per heavy atom. The topological polar surface area (TPSA) is 63.5 Å². The highest BCUT2D eigenvalue weighted by molar-refractivity contribution is 7.89. The number of sulfonamides is 1. The van der Waals surface area contributed by atoms with Crippen LogP contribution in [0.1, 0.15) is 28.3 Å². The van der Waals surface area contributed by atoms with Gasteiger partial charge in [0.15, 0.2) is 0 Å². The highest BCUT2D eigenvalue weighted by atomic mass is 32.2. The zero-order valence-corrected chi connectivity index (χ0v) is 19.0. The summed E-state index contributed by atoms with van der Waals surface area (Å²) in [6, 6.07) is 22.7. The molecular weight excluding hydrogens is 422 g/mol. The SMILES string of the molecule is COC(=O)/C(=C/c1ccccc1)[C@H]1[C@H](c2ccc(C)cc2)N1S(=O)(=O)c1ccc(C)cc1. The monoisotopic (exact) mass is 447 g/mol. The Kier molecular flexibility index (Phi) is 6.00. The third kappa shape index (κ3) is 4.24. The molecule has 5 nitrogen and oxygen atoms in total. The second kappa shape index (κ2) is 8.73. The Hall–Kier alpha value is -3.22. The molecule has 6 heteroatoms. The summed E-state index contributed by atoms with van der Waals surface area (Å²) in [4.78, 5) is 13.0. The number of carbonyl (C=O) groups is 1. The van der Waals surface area contributed by atoms with Crippen molar-refractivity contribution in [2.24, 2.45) is 0 Å². The van der Waals surface area contributed by atoms with Gasteiger partial charge in [-0.25, -0.2) is 13.2 Å². The second-order valence-corrected chi connectivity index (χ2v) is 9.79. The Morgan fingerprint density at radius 2 is 1.44 bits per heavy atom. The van der Waals surface area contributed by atoms with Crippen LogP contribution >= 0.6 is 0 Å². The van der Waals surface area contributed by atoms with E-state index < -0.39 is 28.1 Å². The fraction of sp³-hybridized carbons (Fsp3) is 0.192. The number of benzene rings is 3. The first kappa shape index (κ1) is 22.0. The molecule has 3 aromatic rings. The lowest BCUT2D eigenvalue weighted by molar-refractivity contribution is -0.136. The largest absolute Gasteiger partial charge is 0.466 e. The number of esters is 1. The summed E-state index contributed by atoms with van der Waals surface area (Å²) in [7, 11) is -2.52. The van der Waals surface area contributed by atoms with Crippen LogP contribution in [0.15, 0.2) is 89.3 Å². The van der Waals surface area contributed by atoms with Crippen molar-refractivity contribution in [2.75, 3.05) is 7.11 Å². The van der Waals surface area contributed by atoms with Crippen molar-refractivity contribution >= 4 is 22.1 Å². The molecule has 1 heterocycles. The number of nitrogens with zero attached hydrogens (tertiary/aromatic N) is 1. The minimum atomic E-state index is -3.83. The molecule has 4 rings (SSSR count). The fourth-order valence-electron chi connectivity index (χ4n) is 3.85. The van der Waals surface area contributed by atoms with Gasteiger partial charge in [0.2, 0.25) is 10.0 Å². The van der Waals surface area contributed by atoms with Gasteiger partial charge in [-0.05, 0) is 43.2 Å². The van der Waals surface area contributed by atoms with E-state index in [0.717, 1.165) is 22.3 Å². The van der Waals surface area contributed by atoms with E-state index in [1.165, 1.54) is 11.4 Å². The molecule has 3 aromatic carbocycles. The summed E-state index contributed by atoms with van der Waals surface area (Å²) < 4.78 is 33.6. The molecule has 0 aromatic heterocycles. The molecule has 1 saturated heterocycles. The van der Waals surface area contributed by atoms with Gasteiger partial charge >= 0.3 is 5.97 Å². The molecule has 0 bridgehead atoms. The van der Waals surface area contributed by atoms with E-state index in [2.05, 4.69) is 0 Å². The van der Waals surface area contributed by atoms with E-state index in [-0.39, 0.29) is 4.90 Å². The number of carbonyl (C=O) groups excluding carboxylic acids is 1. The number of rotatable bonds is 6. The van der Waals surface area contributed by atoms with Crippen molar-refractivity contribution in [3.8, 4) is 0 Å². The third-order valence-corrected chi connectivity index (χ3v) is 7.51. The predicted molar refractivity (Wildman–Crippen MR) is 124 cm³/mol. The Bertz CT molecular complexity index is 1250. The molecule has 0 saturated carbocycles. The van der Waals surface area contributed by atoms with Gasteiger partial charge in [-0.2, -0.15) is 4.31 Å². The van der Waals surface area contributed by atoms with E-state index in [9.17, 15) is 13.2 Å². The molecule has 1 unspecified atom stereocenters. The van der Waals surface area contributed by atoms with Crippen molar-refractivity contribution in [3.05, 3.63) is 107 Å². The zero-order chi connectivity index (χ0) is 22.9. The second-order valence-electron chi connectivity index (χ2n) is 7.95. The van der Waals surface area contributed by atoms with Crippen LogP contribution in [-0.2, 0) is 19.6 Å². The van der Waals surface area contributed by atoms with Gasteiger partial charge in [-0.15, -0.1) is 0 Å². The Labute approximate surface area is 189 Å². The van der Waals surface area contributed by atoms with E-state index in [4.69, 9.17) is 4.74 Å². The smallest absolute Gasteiger partial charge is 0.335 e. The van der Waals surface area contributed by atoms with Crippen molar-refractivity contribution in [3.63, 3.8) is 0 Å². The summed E-state index contributed by atoms with van der Waals surface area (Å²) in [6.45, 7) is 3.88. The first-order valence-electron chi connectivity index (χ1n) is 10.3. The van der Waals surface area contributed by atoms with Gasteiger partial charge in [0.05, 0.1) is 29.7 Å². The van der Waals surface area contributed by atoms with Gasteiger partial charge in [-0.3, -0.25) is 0 Å². The summed E-state index contributed by atoms with van der Waals surface area (Å²) in [5, 5.41) is 0. The van der Waals surface area contributed by atoms with Crippen LogP contribution in [0.3, 0.4) is 0 Å². The van der Waals surface area contributed by atoms with Gasteiger partial charge < -0.3 is 4.74 Å². The molecule has 0 N–H and O–H groups in total. The maximum atomic E-state index is 13.6. The highest BCUT2D eigenvalue weighted by Gasteiger charge is 2.59. The normalized spacial score (nSPS) is 20.6. The minimum Gasteiger partial charge on any atom is -0.466 e. The first-order valence-corrected chi connectivity index (χ1v) is 11.8. The van der Waals surface area contributed by atoms with Crippen molar-refractivity contribution in [1.29, 1.82) is 0 Å². The third-order valence-electron chi connectivity index (χ3n) is 5.63. The molecule has 1 aliphatic heterocycles. The summed E-state index contributed by atoms with van der Waals surface area (Å²) in [6.07, 6.45) is 1.71. The van der Waals surface area contributed by atoms with Crippen molar-refractivity contribution in [1.82, 2.24) is 4.31 Å². The average molecular weight is 448 g/mol. The van der Waals surface area contributed by atoms with Crippen LogP contribution in [0.2, 0.25) is 0 Å². The lowest BCUT2D eigenvalue weighted by Crippen LogP contribution is -2.19. The van der Waals surface area contributed by atoms with Crippen LogP contribution in [0.4, 0.5) is 0 Å². The summed E-state index contributed by atoms with van der Waals surface area (Å²) in [5.41, 5.74) is 3.99. The number of ether oxygens (including phenoxy) is 1. The lowest BCUT2D eigenvalue weighted by atomic mass is 10.0.